The second-order valence-electron chi connectivity index (χ2n) is 4.74. The van der Waals surface area contributed by atoms with Crippen molar-refractivity contribution in [1.29, 1.82) is 0 Å². The van der Waals surface area contributed by atoms with Gasteiger partial charge < -0.3 is 5.32 Å². The number of H-pyrrole nitrogens is 1. The molecular formula is C14H14F3N3O. The lowest BCUT2D eigenvalue weighted by molar-refractivity contribution is -0.137. The van der Waals surface area contributed by atoms with Crippen LogP contribution in [0, 0.1) is 13.8 Å². The molecule has 1 aromatic heterocycles. The standard InChI is InChI=1S/C14H14F3N3O/c1-8-9(2)19-20-13(8)18-12(21)7-10-3-5-11(6-4-10)14(15,16)17/h3-6H,7H2,1-2H3,(H2,18,19,20,21). The molecule has 2 aromatic rings. The Morgan fingerprint density at radius 1 is 1.24 bits per heavy atom. The Morgan fingerprint density at radius 3 is 2.33 bits per heavy atom. The van der Waals surface area contributed by atoms with Crippen LogP contribution in [0.1, 0.15) is 22.4 Å². The van der Waals surface area contributed by atoms with Gasteiger partial charge in [-0.05, 0) is 31.5 Å². The predicted molar refractivity (Wildman–Crippen MR) is 71.8 cm³/mol. The number of amides is 1. The average Bonchev–Trinajstić information content (AvgIpc) is 2.70. The average molecular weight is 297 g/mol. The van der Waals surface area contributed by atoms with Crippen molar-refractivity contribution >= 4 is 11.7 Å². The number of carbonyl (C=O) groups excluding carboxylic acids is 1. The van der Waals surface area contributed by atoms with E-state index in [9.17, 15) is 18.0 Å². The first-order valence-corrected chi connectivity index (χ1v) is 6.25. The van der Waals surface area contributed by atoms with Crippen molar-refractivity contribution in [3.63, 3.8) is 0 Å². The largest absolute Gasteiger partial charge is 0.416 e. The minimum absolute atomic E-state index is 0.0104. The van der Waals surface area contributed by atoms with Crippen LogP contribution in [0.25, 0.3) is 0 Å². The van der Waals surface area contributed by atoms with Gasteiger partial charge in [0.1, 0.15) is 0 Å². The molecule has 1 aromatic carbocycles. The fourth-order valence-electron chi connectivity index (χ4n) is 1.78. The van der Waals surface area contributed by atoms with Crippen LogP contribution in [-0.2, 0) is 17.4 Å². The summed E-state index contributed by atoms with van der Waals surface area (Å²) in [4.78, 5) is 11.8. The van der Waals surface area contributed by atoms with Gasteiger partial charge in [-0.1, -0.05) is 12.1 Å². The summed E-state index contributed by atoms with van der Waals surface area (Å²) in [6.45, 7) is 3.64. The number of nitrogens with zero attached hydrogens (tertiary/aromatic N) is 1. The third kappa shape index (κ3) is 3.62. The summed E-state index contributed by atoms with van der Waals surface area (Å²) in [6, 6.07) is 4.52. The maximum Gasteiger partial charge on any atom is 0.416 e. The van der Waals surface area contributed by atoms with Gasteiger partial charge in [0.15, 0.2) is 5.82 Å². The predicted octanol–water partition coefficient (Wildman–Crippen LogP) is 3.23. The Labute approximate surface area is 119 Å². The molecule has 2 N–H and O–H groups in total. The molecule has 2 rings (SSSR count). The summed E-state index contributed by atoms with van der Waals surface area (Å²) >= 11 is 0. The molecule has 112 valence electrons. The number of alkyl halides is 3. The first kappa shape index (κ1) is 15.1. The molecule has 1 heterocycles. The minimum Gasteiger partial charge on any atom is -0.309 e. The molecule has 0 saturated carbocycles. The van der Waals surface area contributed by atoms with Gasteiger partial charge in [0, 0.05) is 11.3 Å². The molecule has 0 aliphatic carbocycles. The molecular weight excluding hydrogens is 283 g/mol. The van der Waals surface area contributed by atoms with Crippen molar-refractivity contribution in [3.05, 3.63) is 46.6 Å². The van der Waals surface area contributed by atoms with Gasteiger partial charge in [-0.25, -0.2) is 0 Å². The molecule has 0 unspecified atom stereocenters. The van der Waals surface area contributed by atoms with Crippen LogP contribution < -0.4 is 5.32 Å². The molecule has 0 saturated heterocycles. The van der Waals surface area contributed by atoms with Crippen LogP contribution in [0.3, 0.4) is 0 Å². The number of aromatic amines is 1. The highest BCUT2D eigenvalue weighted by molar-refractivity contribution is 5.92. The van der Waals surface area contributed by atoms with E-state index in [1.807, 2.05) is 13.8 Å². The lowest BCUT2D eigenvalue weighted by atomic mass is 10.1. The summed E-state index contributed by atoms with van der Waals surface area (Å²) in [6.07, 6.45) is -4.38. The zero-order valence-corrected chi connectivity index (χ0v) is 11.5. The van der Waals surface area contributed by atoms with Crippen molar-refractivity contribution in [2.24, 2.45) is 0 Å². The van der Waals surface area contributed by atoms with Crippen LogP contribution in [-0.4, -0.2) is 16.1 Å². The van der Waals surface area contributed by atoms with E-state index in [1.165, 1.54) is 12.1 Å². The van der Waals surface area contributed by atoms with Crippen molar-refractivity contribution in [2.75, 3.05) is 5.32 Å². The van der Waals surface area contributed by atoms with E-state index in [-0.39, 0.29) is 12.3 Å². The summed E-state index contributed by atoms with van der Waals surface area (Å²) in [7, 11) is 0. The number of rotatable bonds is 3. The van der Waals surface area contributed by atoms with Gasteiger partial charge in [0.05, 0.1) is 12.0 Å². The Kier molecular flexibility index (Phi) is 4.02. The molecule has 0 spiro atoms. The second-order valence-corrected chi connectivity index (χ2v) is 4.74. The Hall–Kier alpha value is -2.31. The van der Waals surface area contributed by atoms with E-state index in [4.69, 9.17) is 0 Å². The molecule has 0 radical (unpaired) electrons. The third-order valence-corrected chi connectivity index (χ3v) is 3.16. The maximum atomic E-state index is 12.4. The number of anilines is 1. The van der Waals surface area contributed by atoms with Crippen LogP contribution in [0.2, 0.25) is 0 Å². The Balaban J connectivity index is 2.01. The Bertz CT molecular complexity index is 644. The summed E-state index contributed by atoms with van der Waals surface area (Å²) in [5, 5.41) is 9.30. The quantitative estimate of drug-likeness (QED) is 0.914. The van der Waals surface area contributed by atoms with Gasteiger partial charge in [0.25, 0.3) is 0 Å². The van der Waals surface area contributed by atoms with Crippen molar-refractivity contribution < 1.29 is 18.0 Å². The van der Waals surface area contributed by atoms with Gasteiger partial charge in [-0.15, -0.1) is 0 Å². The molecule has 7 heteroatoms. The number of benzene rings is 1. The Morgan fingerprint density at radius 2 is 1.86 bits per heavy atom. The van der Waals surface area contributed by atoms with E-state index >= 15 is 0 Å². The van der Waals surface area contributed by atoms with E-state index in [2.05, 4.69) is 15.5 Å². The SMILES string of the molecule is Cc1[nH]nc(NC(=O)Cc2ccc(C(F)(F)F)cc2)c1C. The number of nitrogens with one attached hydrogen (secondary N) is 2. The van der Waals surface area contributed by atoms with Crippen LogP contribution >= 0.6 is 0 Å². The normalized spacial score (nSPS) is 11.5. The fraction of sp³-hybridized carbons (Fsp3) is 0.286. The summed E-state index contributed by atoms with van der Waals surface area (Å²) < 4.78 is 37.3. The van der Waals surface area contributed by atoms with Gasteiger partial charge in [-0.3, -0.25) is 9.89 Å². The highest BCUT2D eigenvalue weighted by atomic mass is 19.4. The topological polar surface area (TPSA) is 57.8 Å². The van der Waals surface area contributed by atoms with Gasteiger partial charge >= 0.3 is 6.18 Å². The fourth-order valence-corrected chi connectivity index (χ4v) is 1.78. The van der Waals surface area contributed by atoms with E-state index in [1.54, 1.807) is 0 Å². The molecule has 0 aliphatic heterocycles. The number of hydrogen-bond acceptors (Lipinski definition) is 2. The number of hydrogen-bond donors (Lipinski definition) is 2. The molecule has 0 aliphatic rings. The first-order valence-electron chi connectivity index (χ1n) is 6.25. The van der Waals surface area contributed by atoms with Crippen LogP contribution in [0.15, 0.2) is 24.3 Å². The number of carbonyl (C=O) groups is 1. The van der Waals surface area contributed by atoms with Crippen molar-refractivity contribution in [1.82, 2.24) is 10.2 Å². The minimum atomic E-state index is -4.37. The summed E-state index contributed by atoms with van der Waals surface area (Å²) in [5.74, 6) is 0.105. The first-order chi connectivity index (χ1) is 9.77. The number of halogens is 3. The molecule has 0 fully saturated rings. The molecule has 1 amide bonds. The summed E-state index contributed by atoms with van der Waals surface area (Å²) in [5.41, 5.74) is 1.45. The lowest BCUT2D eigenvalue weighted by Crippen LogP contribution is -2.15. The van der Waals surface area contributed by atoms with Crippen molar-refractivity contribution in [2.45, 2.75) is 26.4 Å². The van der Waals surface area contributed by atoms with Gasteiger partial charge in [0.2, 0.25) is 5.91 Å². The highest BCUT2D eigenvalue weighted by Gasteiger charge is 2.29. The monoisotopic (exact) mass is 297 g/mol. The lowest BCUT2D eigenvalue weighted by Gasteiger charge is -2.07. The zero-order valence-electron chi connectivity index (χ0n) is 11.5. The molecule has 0 atom stereocenters. The molecule has 21 heavy (non-hydrogen) atoms. The third-order valence-electron chi connectivity index (χ3n) is 3.16. The second kappa shape index (κ2) is 5.59. The zero-order chi connectivity index (χ0) is 15.6. The molecule has 0 bridgehead atoms. The van der Waals surface area contributed by atoms with E-state index in [0.29, 0.717) is 11.4 Å². The van der Waals surface area contributed by atoms with E-state index in [0.717, 1.165) is 23.4 Å². The number of aryl methyl sites for hydroxylation is 1. The van der Waals surface area contributed by atoms with Crippen molar-refractivity contribution in [3.8, 4) is 0 Å². The number of aromatic nitrogens is 2. The maximum absolute atomic E-state index is 12.4. The van der Waals surface area contributed by atoms with Gasteiger partial charge in [-0.2, -0.15) is 18.3 Å². The highest BCUT2D eigenvalue weighted by Crippen LogP contribution is 2.29. The van der Waals surface area contributed by atoms with E-state index < -0.39 is 11.7 Å². The smallest absolute Gasteiger partial charge is 0.309 e. The van der Waals surface area contributed by atoms with Crippen LogP contribution in [0.4, 0.5) is 19.0 Å². The molecule has 4 nitrogen and oxygen atoms in total. The van der Waals surface area contributed by atoms with Crippen LogP contribution in [0.5, 0.6) is 0 Å².